The molecule has 26 heavy (non-hydrogen) atoms. The number of furan rings is 1. The van der Waals surface area contributed by atoms with Crippen LogP contribution in [0.2, 0.25) is 0 Å². The zero-order valence-corrected chi connectivity index (χ0v) is 15.5. The van der Waals surface area contributed by atoms with Gasteiger partial charge in [0, 0.05) is 20.6 Å². The van der Waals surface area contributed by atoms with Gasteiger partial charge in [0.15, 0.2) is 0 Å². The summed E-state index contributed by atoms with van der Waals surface area (Å²) in [5, 5.41) is 5.18. The second kappa shape index (κ2) is 8.15. The van der Waals surface area contributed by atoms with E-state index < -0.39 is 27.9 Å². The highest BCUT2D eigenvalue weighted by atomic mass is 32.2. The summed E-state index contributed by atoms with van der Waals surface area (Å²) in [5.41, 5.74) is 0.773. The van der Waals surface area contributed by atoms with E-state index in [9.17, 15) is 18.0 Å². The molecule has 0 radical (unpaired) electrons. The Kier molecular flexibility index (Phi) is 6.17. The Balaban J connectivity index is 2.03. The largest absolute Gasteiger partial charge is 0.472 e. The SMILES string of the molecule is CC(NC(=O)c1ccoc1)C(=O)NCc1ccccc1S(=O)(=O)N(C)C. The second-order valence-corrected chi connectivity index (χ2v) is 7.94. The van der Waals surface area contributed by atoms with Crippen LogP contribution < -0.4 is 10.6 Å². The molecule has 1 aromatic heterocycles. The molecule has 0 aliphatic heterocycles. The number of rotatable bonds is 7. The normalized spacial score (nSPS) is 12.6. The van der Waals surface area contributed by atoms with E-state index in [1.165, 1.54) is 45.7 Å². The minimum absolute atomic E-state index is 0.0218. The van der Waals surface area contributed by atoms with Crippen LogP contribution in [0.3, 0.4) is 0 Å². The van der Waals surface area contributed by atoms with E-state index in [-0.39, 0.29) is 11.4 Å². The van der Waals surface area contributed by atoms with Crippen molar-refractivity contribution in [3.05, 3.63) is 54.0 Å². The molecule has 2 amide bonds. The van der Waals surface area contributed by atoms with Crippen molar-refractivity contribution in [3.8, 4) is 0 Å². The Morgan fingerprint density at radius 2 is 1.88 bits per heavy atom. The minimum atomic E-state index is -3.62. The van der Waals surface area contributed by atoms with Crippen molar-refractivity contribution in [3.63, 3.8) is 0 Å². The Morgan fingerprint density at radius 1 is 1.19 bits per heavy atom. The molecule has 1 aromatic carbocycles. The number of nitrogens with one attached hydrogen (secondary N) is 2. The van der Waals surface area contributed by atoms with Gasteiger partial charge in [0.25, 0.3) is 5.91 Å². The minimum Gasteiger partial charge on any atom is -0.472 e. The van der Waals surface area contributed by atoms with Gasteiger partial charge in [-0.1, -0.05) is 18.2 Å². The molecule has 0 aliphatic carbocycles. The lowest BCUT2D eigenvalue weighted by atomic mass is 10.2. The van der Waals surface area contributed by atoms with Crippen molar-refractivity contribution in [2.45, 2.75) is 24.4 Å². The summed E-state index contributed by atoms with van der Waals surface area (Å²) in [4.78, 5) is 24.3. The first-order valence-electron chi connectivity index (χ1n) is 7.84. The van der Waals surface area contributed by atoms with E-state index >= 15 is 0 Å². The van der Waals surface area contributed by atoms with Crippen molar-refractivity contribution in [2.24, 2.45) is 0 Å². The highest BCUT2D eigenvalue weighted by molar-refractivity contribution is 7.89. The van der Waals surface area contributed by atoms with Gasteiger partial charge in [0.1, 0.15) is 12.3 Å². The number of nitrogens with zero attached hydrogens (tertiary/aromatic N) is 1. The number of hydrogen-bond acceptors (Lipinski definition) is 5. The first-order chi connectivity index (χ1) is 12.2. The number of sulfonamides is 1. The van der Waals surface area contributed by atoms with Gasteiger partial charge in [-0.3, -0.25) is 9.59 Å². The monoisotopic (exact) mass is 379 g/mol. The Labute approximate surface area is 152 Å². The van der Waals surface area contributed by atoms with Crippen LogP contribution in [0, 0.1) is 0 Å². The molecule has 8 nitrogen and oxygen atoms in total. The lowest BCUT2D eigenvalue weighted by Gasteiger charge is -2.17. The maximum atomic E-state index is 12.4. The summed E-state index contributed by atoms with van der Waals surface area (Å²) >= 11 is 0. The Hall–Kier alpha value is -2.65. The van der Waals surface area contributed by atoms with Crippen LogP contribution in [0.15, 0.2) is 52.2 Å². The predicted molar refractivity (Wildman–Crippen MR) is 94.8 cm³/mol. The summed E-state index contributed by atoms with van der Waals surface area (Å²) in [6, 6.07) is 7.12. The number of carbonyl (C=O) groups excluding carboxylic acids is 2. The molecule has 0 saturated carbocycles. The van der Waals surface area contributed by atoms with E-state index in [4.69, 9.17) is 4.42 Å². The Bertz CT molecular complexity index is 876. The molecule has 1 atom stereocenters. The topological polar surface area (TPSA) is 109 Å². The molecule has 1 unspecified atom stereocenters. The van der Waals surface area contributed by atoms with E-state index in [0.29, 0.717) is 11.1 Å². The summed E-state index contributed by atoms with van der Waals surface area (Å²) in [5.74, 6) is -0.865. The highest BCUT2D eigenvalue weighted by Crippen LogP contribution is 2.18. The van der Waals surface area contributed by atoms with Crippen LogP contribution in [-0.2, 0) is 21.4 Å². The number of amides is 2. The first kappa shape index (κ1) is 19.7. The Morgan fingerprint density at radius 3 is 2.50 bits per heavy atom. The number of hydrogen-bond donors (Lipinski definition) is 2. The van der Waals surface area contributed by atoms with Gasteiger partial charge in [-0.25, -0.2) is 12.7 Å². The predicted octanol–water partition coefficient (Wildman–Crippen LogP) is 0.965. The molecule has 0 aliphatic rings. The summed E-state index contributed by atoms with van der Waals surface area (Å²) < 4.78 is 30.6. The summed E-state index contributed by atoms with van der Waals surface area (Å²) in [7, 11) is -0.737. The molecular formula is C17H21N3O5S. The zero-order valence-electron chi connectivity index (χ0n) is 14.7. The van der Waals surface area contributed by atoms with Gasteiger partial charge in [0.05, 0.1) is 16.7 Å². The van der Waals surface area contributed by atoms with Gasteiger partial charge in [-0.05, 0) is 24.6 Å². The first-order valence-corrected chi connectivity index (χ1v) is 9.28. The summed E-state index contributed by atoms with van der Waals surface area (Å²) in [6.07, 6.45) is 2.64. The van der Waals surface area contributed by atoms with Crippen LogP contribution in [0.4, 0.5) is 0 Å². The molecule has 2 N–H and O–H groups in total. The molecule has 2 aromatic rings. The molecule has 0 bridgehead atoms. The second-order valence-electron chi connectivity index (χ2n) is 5.82. The molecule has 0 fully saturated rings. The van der Waals surface area contributed by atoms with E-state index in [1.807, 2.05) is 0 Å². The average molecular weight is 379 g/mol. The van der Waals surface area contributed by atoms with Gasteiger partial charge >= 0.3 is 0 Å². The van der Waals surface area contributed by atoms with Gasteiger partial charge in [-0.2, -0.15) is 0 Å². The van der Waals surface area contributed by atoms with Crippen LogP contribution in [0.25, 0.3) is 0 Å². The van der Waals surface area contributed by atoms with Crippen LogP contribution in [0.5, 0.6) is 0 Å². The molecule has 2 rings (SSSR count). The van der Waals surface area contributed by atoms with Crippen LogP contribution in [0.1, 0.15) is 22.8 Å². The number of benzene rings is 1. The van der Waals surface area contributed by atoms with Gasteiger partial charge < -0.3 is 15.1 Å². The molecular weight excluding hydrogens is 358 g/mol. The van der Waals surface area contributed by atoms with E-state index in [2.05, 4.69) is 10.6 Å². The average Bonchev–Trinajstić information content (AvgIpc) is 3.14. The van der Waals surface area contributed by atoms with Crippen molar-refractivity contribution in [2.75, 3.05) is 14.1 Å². The number of carbonyl (C=O) groups is 2. The third kappa shape index (κ3) is 4.50. The fourth-order valence-corrected chi connectivity index (χ4v) is 3.29. The highest BCUT2D eigenvalue weighted by Gasteiger charge is 2.22. The zero-order chi connectivity index (χ0) is 19.3. The van der Waals surface area contributed by atoms with Crippen molar-refractivity contribution in [1.29, 1.82) is 0 Å². The fourth-order valence-electron chi connectivity index (χ4n) is 2.17. The molecule has 140 valence electrons. The molecule has 0 spiro atoms. The quantitative estimate of drug-likeness (QED) is 0.745. The molecule has 1 heterocycles. The molecule has 0 saturated heterocycles. The lowest BCUT2D eigenvalue weighted by molar-refractivity contribution is -0.122. The lowest BCUT2D eigenvalue weighted by Crippen LogP contribution is -2.44. The standard InChI is InChI=1S/C17H21N3O5S/c1-12(19-17(22)14-8-9-25-11-14)16(21)18-10-13-6-4-5-7-15(13)26(23,24)20(2)3/h4-9,11-12H,10H2,1-3H3,(H,18,21)(H,19,22). The smallest absolute Gasteiger partial charge is 0.255 e. The fraction of sp³-hybridized carbons (Fsp3) is 0.294. The van der Waals surface area contributed by atoms with Gasteiger partial charge in [0.2, 0.25) is 15.9 Å². The van der Waals surface area contributed by atoms with Crippen molar-refractivity contribution < 1.29 is 22.4 Å². The molecule has 9 heteroatoms. The van der Waals surface area contributed by atoms with Crippen molar-refractivity contribution >= 4 is 21.8 Å². The third-order valence-corrected chi connectivity index (χ3v) is 5.62. The maximum Gasteiger partial charge on any atom is 0.255 e. The van der Waals surface area contributed by atoms with Crippen molar-refractivity contribution in [1.82, 2.24) is 14.9 Å². The maximum absolute atomic E-state index is 12.4. The summed E-state index contributed by atoms with van der Waals surface area (Å²) in [6.45, 7) is 1.56. The van der Waals surface area contributed by atoms with E-state index in [1.54, 1.807) is 18.2 Å². The van der Waals surface area contributed by atoms with Crippen LogP contribution >= 0.6 is 0 Å². The van der Waals surface area contributed by atoms with Gasteiger partial charge in [-0.15, -0.1) is 0 Å². The van der Waals surface area contributed by atoms with Crippen LogP contribution in [-0.4, -0.2) is 44.7 Å². The third-order valence-electron chi connectivity index (χ3n) is 3.71. The van der Waals surface area contributed by atoms with E-state index in [0.717, 1.165) is 4.31 Å².